The highest BCUT2D eigenvalue weighted by molar-refractivity contribution is 5.69. The van der Waals surface area contributed by atoms with Crippen LogP contribution in [0.15, 0.2) is 48.5 Å². The van der Waals surface area contributed by atoms with Gasteiger partial charge < -0.3 is 9.84 Å². The van der Waals surface area contributed by atoms with E-state index in [2.05, 4.69) is 36.4 Å². The van der Waals surface area contributed by atoms with Crippen LogP contribution in [0.5, 0.6) is 5.75 Å². The smallest absolute Gasteiger partial charge is 0.317 e. The standard InChI is InChI=1S/C21H25NO3/c1-22(14-20(23)24)13-17-9-8-16-12-18(25-2)10-11-19(16)21(17)15-6-4-3-5-7-15/h3-7,10-12,17,21H,8-9,13-14H2,1-2H3,(H,23,24)/t17?,21-/m0/s1. The molecule has 0 spiro atoms. The van der Waals surface area contributed by atoms with Crippen LogP contribution in [0.25, 0.3) is 0 Å². The SMILES string of the molecule is COc1ccc2c(c1)CCC(CN(C)CC(=O)O)[C@@H]2c1ccccc1. The summed E-state index contributed by atoms with van der Waals surface area (Å²) in [5.74, 6) is 0.798. The molecule has 0 amide bonds. The third-order valence-corrected chi connectivity index (χ3v) is 5.05. The Hall–Kier alpha value is -2.33. The number of ether oxygens (including phenoxy) is 1. The van der Waals surface area contributed by atoms with Crippen LogP contribution in [0, 0.1) is 5.92 Å². The topological polar surface area (TPSA) is 49.8 Å². The minimum absolute atomic E-state index is 0.0769. The van der Waals surface area contributed by atoms with Gasteiger partial charge >= 0.3 is 5.97 Å². The molecule has 1 aliphatic rings. The van der Waals surface area contributed by atoms with Gasteiger partial charge in [0, 0.05) is 12.5 Å². The second kappa shape index (κ2) is 7.70. The second-order valence-corrected chi connectivity index (χ2v) is 6.84. The average molecular weight is 339 g/mol. The van der Waals surface area contributed by atoms with Crippen molar-refractivity contribution in [2.45, 2.75) is 18.8 Å². The number of hydrogen-bond donors (Lipinski definition) is 1. The molecule has 4 nitrogen and oxygen atoms in total. The summed E-state index contributed by atoms with van der Waals surface area (Å²) in [5, 5.41) is 9.06. The highest BCUT2D eigenvalue weighted by Gasteiger charge is 2.31. The third kappa shape index (κ3) is 4.02. The first kappa shape index (κ1) is 17.5. The Morgan fingerprint density at radius 3 is 2.68 bits per heavy atom. The number of benzene rings is 2. The summed E-state index contributed by atoms with van der Waals surface area (Å²) in [6, 6.07) is 16.9. The van der Waals surface area contributed by atoms with Gasteiger partial charge in [0.05, 0.1) is 13.7 Å². The van der Waals surface area contributed by atoms with Gasteiger partial charge in [-0.25, -0.2) is 0 Å². The highest BCUT2D eigenvalue weighted by Crippen LogP contribution is 2.42. The minimum atomic E-state index is -0.778. The molecule has 1 N–H and O–H groups in total. The summed E-state index contributed by atoms with van der Waals surface area (Å²) in [6.45, 7) is 0.852. The molecule has 0 fully saturated rings. The fraction of sp³-hybridized carbons (Fsp3) is 0.381. The van der Waals surface area contributed by atoms with Gasteiger partial charge in [-0.3, -0.25) is 9.69 Å². The van der Waals surface area contributed by atoms with E-state index in [1.807, 2.05) is 24.1 Å². The lowest BCUT2D eigenvalue weighted by Gasteiger charge is -2.36. The van der Waals surface area contributed by atoms with Crippen molar-refractivity contribution in [2.24, 2.45) is 5.92 Å². The quantitative estimate of drug-likeness (QED) is 0.876. The number of rotatable bonds is 6. The van der Waals surface area contributed by atoms with Crippen LogP contribution in [-0.4, -0.2) is 43.2 Å². The monoisotopic (exact) mass is 339 g/mol. The van der Waals surface area contributed by atoms with Gasteiger partial charge in [-0.2, -0.15) is 0 Å². The molecular weight excluding hydrogens is 314 g/mol. The maximum absolute atomic E-state index is 11.0. The van der Waals surface area contributed by atoms with Gasteiger partial charge in [0.15, 0.2) is 0 Å². The first-order chi connectivity index (χ1) is 12.1. The maximum atomic E-state index is 11.0. The average Bonchev–Trinajstić information content (AvgIpc) is 2.61. The Labute approximate surface area is 149 Å². The number of carbonyl (C=O) groups is 1. The third-order valence-electron chi connectivity index (χ3n) is 5.05. The van der Waals surface area contributed by atoms with Crippen molar-refractivity contribution in [3.8, 4) is 5.75 Å². The van der Waals surface area contributed by atoms with E-state index in [9.17, 15) is 4.79 Å². The van der Waals surface area contributed by atoms with Crippen LogP contribution in [0.1, 0.15) is 29.0 Å². The van der Waals surface area contributed by atoms with Gasteiger partial charge in [-0.15, -0.1) is 0 Å². The lowest BCUT2D eigenvalue weighted by atomic mass is 9.71. The Kier molecular flexibility index (Phi) is 5.39. The predicted molar refractivity (Wildman–Crippen MR) is 98.2 cm³/mol. The molecule has 1 unspecified atom stereocenters. The second-order valence-electron chi connectivity index (χ2n) is 6.84. The first-order valence-electron chi connectivity index (χ1n) is 8.70. The summed E-state index contributed by atoms with van der Waals surface area (Å²) >= 11 is 0. The number of carboxylic acid groups (broad SMARTS) is 1. The van der Waals surface area contributed by atoms with E-state index in [0.29, 0.717) is 5.92 Å². The number of aliphatic carboxylic acids is 1. The number of methoxy groups -OCH3 is 1. The van der Waals surface area contributed by atoms with E-state index in [4.69, 9.17) is 9.84 Å². The van der Waals surface area contributed by atoms with E-state index in [-0.39, 0.29) is 12.5 Å². The summed E-state index contributed by atoms with van der Waals surface area (Å²) in [4.78, 5) is 12.9. The molecule has 1 aliphatic carbocycles. The molecular formula is C21H25NO3. The lowest BCUT2D eigenvalue weighted by molar-refractivity contribution is -0.138. The minimum Gasteiger partial charge on any atom is -0.497 e. The molecule has 0 aliphatic heterocycles. The van der Waals surface area contributed by atoms with Crippen molar-refractivity contribution in [3.05, 3.63) is 65.2 Å². The van der Waals surface area contributed by atoms with Crippen molar-refractivity contribution < 1.29 is 14.6 Å². The largest absolute Gasteiger partial charge is 0.497 e. The molecule has 3 rings (SSSR count). The van der Waals surface area contributed by atoms with Gasteiger partial charge in [0.1, 0.15) is 5.75 Å². The van der Waals surface area contributed by atoms with Crippen molar-refractivity contribution >= 4 is 5.97 Å². The Balaban J connectivity index is 1.94. The van der Waals surface area contributed by atoms with Crippen LogP contribution in [0.3, 0.4) is 0 Å². The van der Waals surface area contributed by atoms with Gasteiger partial charge in [0.2, 0.25) is 0 Å². The van der Waals surface area contributed by atoms with Crippen molar-refractivity contribution in [2.75, 3.05) is 27.2 Å². The number of hydrogen-bond acceptors (Lipinski definition) is 3. The zero-order chi connectivity index (χ0) is 17.8. The molecule has 4 heteroatoms. The van der Waals surface area contributed by atoms with E-state index in [1.165, 1.54) is 16.7 Å². The van der Waals surface area contributed by atoms with E-state index >= 15 is 0 Å². The number of carboxylic acids is 1. The van der Waals surface area contributed by atoms with Crippen molar-refractivity contribution in [1.82, 2.24) is 4.90 Å². The summed E-state index contributed by atoms with van der Waals surface area (Å²) < 4.78 is 5.38. The first-order valence-corrected chi connectivity index (χ1v) is 8.70. The van der Waals surface area contributed by atoms with Crippen molar-refractivity contribution in [3.63, 3.8) is 0 Å². The summed E-state index contributed by atoms with van der Waals surface area (Å²) in [7, 11) is 3.59. The van der Waals surface area contributed by atoms with Crippen LogP contribution >= 0.6 is 0 Å². The zero-order valence-electron chi connectivity index (χ0n) is 14.8. The van der Waals surface area contributed by atoms with Gasteiger partial charge in [-0.05, 0) is 54.6 Å². The molecule has 0 saturated heterocycles. The Bertz CT molecular complexity index is 729. The van der Waals surface area contributed by atoms with E-state index in [0.717, 1.165) is 25.1 Å². The van der Waals surface area contributed by atoms with Crippen LogP contribution in [0.4, 0.5) is 0 Å². The van der Waals surface area contributed by atoms with Crippen LogP contribution < -0.4 is 4.74 Å². The number of aryl methyl sites for hydroxylation is 1. The van der Waals surface area contributed by atoms with E-state index < -0.39 is 5.97 Å². The lowest BCUT2D eigenvalue weighted by Crippen LogP contribution is -2.35. The van der Waals surface area contributed by atoms with E-state index in [1.54, 1.807) is 7.11 Å². The fourth-order valence-corrected chi connectivity index (χ4v) is 4.00. The summed E-state index contributed by atoms with van der Waals surface area (Å²) in [6.07, 6.45) is 2.05. The van der Waals surface area contributed by atoms with Gasteiger partial charge in [0.25, 0.3) is 0 Å². The predicted octanol–water partition coefficient (Wildman–Crippen LogP) is 3.41. The Morgan fingerprint density at radius 1 is 1.24 bits per heavy atom. The molecule has 0 radical (unpaired) electrons. The van der Waals surface area contributed by atoms with Crippen LogP contribution in [-0.2, 0) is 11.2 Å². The van der Waals surface area contributed by atoms with Gasteiger partial charge in [-0.1, -0.05) is 36.4 Å². The maximum Gasteiger partial charge on any atom is 0.317 e. The molecule has 2 aromatic rings. The number of likely N-dealkylation sites (N-methyl/N-ethyl adjacent to an activating group) is 1. The molecule has 25 heavy (non-hydrogen) atoms. The molecule has 0 aromatic heterocycles. The molecule has 0 heterocycles. The highest BCUT2D eigenvalue weighted by atomic mass is 16.5. The molecule has 2 atom stereocenters. The fourth-order valence-electron chi connectivity index (χ4n) is 4.00. The normalized spacial score (nSPS) is 19.5. The summed E-state index contributed by atoms with van der Waals surface area (Å²) in [5.41, 5.74) is 3.97. The number of nitrogens with zero attached hydrogens (tertiary/aromatic N) is 1. The Morgan fingerprint density at radius 2 is 2.00 bits per heavy atom. The van der Waals surface area contributed by atoms with Crippen molar-refractivity contribution in [1.29, 1.82) is 0 Å². The molecule has 0 saturated carbocycles. The molecule has 0 bridgehead atoms. The number of fused-ring (bicyclic) bond motifs is 1. The van der Waals surface area contributed by atoms with Crippen LogP contribution in [0.2, 0.25) is 0 Å². The molecule has 132 valence electrons. The zero-order valence-corrected chi connectivity index (χ0v) is 14.8. The molecule has 2 aromatic carbocycles.